The lowest BCUT2D eigenvalue weighted by Crippen LogP contribution is -2.25. The minimum atomic E-state index is 0.308. The van der Waals surface area contributed by atoms with Gasteiger partial charge in [0, 0.05) is 12.8 Å². The number of ether oxygens (including phenoxy) is 8. The lowest BCUT2D eigenvalue weighted by Gasteiger charge is -2.41. The van der Waals surface area contributed by atoms with E-state index in [2.05, 4.69) is 48.5 Å². The Labute approximate surface area is 381 Å². The van der Waals surface area contributed by atoms with Gasteiger partial charge in [-0.05, 0) is 167 Å². The molecule has 4 aromatic rings. The Bertz CT molecular complexity index is 2090. The van der Waals surface area contributed by atoms with Crippen LogP contribution in [-0.4, -0.2) is 80.3 Å². The van der Waals surface area contributed by atoms with E-state index in [1.807, 2.05) is 14.2 Å². The van der Waals surface area contributed by atoms with Crippen LogP contribution in [0.25, 0.3) is 0 Å². The maximum Gasteiger partial charge on any atom is 0.126 e. The summed E-state index contributed by atoms with van der Waals surface area (Å²) in [6.07, 6.45) is 17.3. The van der Waals surface area contributed by atoms with E-state index in [0.717, 1.165) is 100 Å². The fourth-order valence-corrected chi connectivity index (χ4v) is 11.9. The lowest BCUT2D eigenvalue weighted by molar-refractivity contribution is -0.00711. The third kappa shape index (κ3) is 9.45. The number of fused-ring (bicyclic) bond motifs is 19. The molecule has 8 heteroatoms. The minimum Gasteiger partial charge on any atom is -0.496 e. The van der Waals surface area contributed by atoms with E-state index in [4.69, 9.17) is 37.9 Å². The summed E-state index contributed by atoms with van der Waals surface area (Å²) in [5.74, 6) is 5.43. The van der Waals surface area contributed by atoms with Gasteiger partial charge in [0.2, 0.25) is 0 Å². The molecule has 64 heavy (non-hydrogen) atoms. The van der Waals surface area contributed by atoms with E-state index < -0.39 is 0 Å². The number of benzene rings is 4. The summed E-state index contributed by atoms with van der Waals surface area (Å²) < 4.78 is 51.3. The summed E-state index contributed by atoms with van der Waals surface area (Å²) in [4.78, 5) is 0. The van der Waals surface area contributed by atoms with E-state index in [9.17, 15) is 0 Å². The Morgan fingerprint density at radius 2 is 0.672 bits per heavy atom. The molecule has 4 unspecified atom stereocenters. The predicted octanol–water partition coefficient (Wildman–Crippen LogP) is 10.9. The van der Waals surface area contributed by atoms with Crippen LogP contribution in [0.3, 0.4) is 0 Å². The number of rotatable bonds is 2. The van der Waals surface area contributed by atoms with Gasteiger partial charge < -0.3 is 37.9 Å². The SMILES string of the molecule is COc1c2cc3cc1C1CCC1c1cc(cc4c1OCCOCCOCCOCCOCCOc1c(cc5cc1C1CCC1c1cc(cc(c1OC)C4)CCCCC5)C2)CCCCC3. The Kier molecular flexibility index (Phi) is 14.1. The van der Waals surface area contributed by atoms with Crippen LogP contribution >= 0.6 is 0 Å². The molecule has 7 aliphatic rings. The molecule has 5 aliphatic carbocycles. The first kappa shape index (κ1) is 43.8. The second-order valence-electron chi connectivity index (χ2n) is 19.3. The monoisotopic (exact) mass is 871 g/mol. The second-order valence-corrected chi connectivity index (χ2v) is 19.3. The molecule has 342 valence electrons. The zero-order valence-electron chi connectivity index (χ0n) is 38.6. The molecule has 0 N–H and O–H groups in total. The molecular formula is C56H70O8. The van der Waals surface area contributed by atoms with Gasteiger partial charge >= 0.3 is 0 Å². The Balaban J connectivity index is 1.21. The van der Waals surface area contributed by atoms with E-state index >= 15 is 0 Å². The molecule has 11 rings (SSSR count). The normalized spacial score (nSPS) is 24.3. The Hall–Kier alpha value is -4.08. The van der Waals surface area contributed by atoms with Crippen LogP contribution in [0.1, 0.15) is 155 Å². The summed E-state index contributed by atoms with van der Waals surface area (Å²) in [5.41, 5.74) is 16.2. The first-order valence-corrected chi connectivity index (χ1v) is 24.9. The highest BCUT2D eigenvalue weighted by atomic mass is 16.6. The summed E-state index contributed by atoms with van der Waals surface area (Å²) in [6.45, 7) is 5.02. The average molecular weight is 871 g/mol. The molecule has 0 aromatic heterocycles. The molecule has 4 aromatic carbocycles. The van der Waals surface area contributed by atoms with Crippen molar-refractivity contribution in [1.29, 1.82) is 0 Å². The second kappa shape index (κ2) is 20.6. The number of methoxy groups -OCH3 is 2. The van der Waals surface area contributed by atoms with Crippen LogP contribution in [0.5, 0.6) is 23.0 Å². The summed E-state index contributed by atoms with van der Waals surface area (Å²) in [5, 5.41) is 0. The van der Waals surface area contributed by atoms with Crippen molar-refractivity contribution in [1.82, 2.24) is 0 Å². The Morgan fingerprint density at radius 3 is 1.02 bits per heavy atom. The molecule has 4 atom stereocenters. The lowest BCUT2D eigenvalue weighted by atomic mass is 9.64. The molecule has 0 amide bonds. The fraction of sp³-hybridized carbons (Fsp3) is 0.571. The summed E-state index contributed by atoms with van der Waals surface area (Å²) in [7, 11) is 3.78. The van der Waals surface area contributed by atoms with Gasteiger partial charge in [-0.15, -0.1) is 0 Å². The van der Waals surface area contributed by atoms with Crippen LogP contribution in [-0.2, 0) is 57.5 Å². The predicted molar refractivity (Wildman–Crippen MR) is 251 cm³/mol. The van der Waals surface area contributed by atoms with E-state index in [1.54, 1.807) is 0 Å². The van der Waals surface area contributed by atoms with Gasteiger partial charge in [-0.2, -0.15) is 0 Å². The van der Waals surface area contributed by atoms with Gasteiger partial charge in [-0.25, -0.2) is 0 Å². The van der Waals surface area contributed by atoms with E-state index in [1.165, 1.54) is 92.4 Å². The maximum atomic E-state index is 7.08. The van der Waals surface area contributed by atoms with Gasteiger partial charge in [-0.1, -0.05) is 61.4 Å². The van der Waals surface area contributed by atoms with Gasteiger partial charge in [0.1, 0.15) is 36.2 Å². The molecular weight excluding hydrogens is 801 g/mol. The molecule has 0 saturated heterocycles. The minimum absolute atomic E-state index is 0.308. The standard InChI is InChI=1S/C56H70O8/c1-57-53-41-27-37-9-5-3-7-12-40-30-44-36-42-28-38-10-6-4-8-11-39-29-43(35-41)55(52(34-39)48-16-14-46(48)50(32-38)54(42)58-2)63-25-23-61-21-19-59-17-18-60-20-22-62-24-26-64-56(44)51(33-40)47-15-13-45(47)49(53)31-37/h27-34,45-48H,3-26,35-36H2,1-2H3. The van der Waals surface area contributed by atoms with Gasteiger partial charge in [0.25, 0.3) is 0 Å². The highest BCUT2D eigenvalue weighted by Crippen LogP contribution is 2.58. The van der Waals surface area contributed by atoms with Crippen LogP contribution in [0.15, 0.2) is 48.5 Å². The van der Waals surface area contributed by atoms with Crippen molar-refractivity contribution in [2.24, 2.45) is 0 Å². The van der Waals surface area contributed by atoms with E-state index in [-0.39, 0.29) is 0 Å². The molecule has 0 radical (unpaired) electrons. The van der Waals surface area contributed by atoms with Crippen molar-refractivity contribution in [2.75, 3.05) is 80.3 Å². The number of aryl methyl sites for hydroxylation is 4. The van der Waals surface area contributed by atoms with Gasteiger partial charge in [0.05, 0.1) is 67.1 Å². The Morgan fingerprint density at radius 1 is 0.359 bits per heavy atom. The maximum absolute atomic E-state index is 7.08. The first-order valence-electron chi connectivity index (χ1n) is 24.9. The van der Waals surface area contributed by atoms with Crippen molar-refractivity contribution in [2.45, 2.75) is 126 Å². The fourth-order valence-electron chi connectivity index (χ4n) is 11.9. The van der Waals surface area contributed by atoms with Crippen LogP contribution in [0, 0.1) is 0 Å². The largest absolute Gasteiger partial charge is 0.496 e. The molecule has 2 heterocycles. The smallest absolute Gasteiger partial charge is 0.126 e. The molecule has 2 aliphatic heterocycles. The summed E-state index contributed by atoms with van der Waals surface area (Å²) in [6, 6.07) is 20.0. The molecule has 2 saturated carbocycles. The third-order valence-electron chi connectivity index (χ3n) is 15.3. The van der Waals surface area contributed by atoms with Crippen LogP contribution in [0.2, 0.25) is 0 Å². The van der Waals surface area contributed by atoms with Crippen LogP contribution in [0.4, 0.5) is 0 Å². The van der Waals surface area contributed by atoms with Crippen molar-refractivity contribution in [3.63, 3.8) is 0 Å². The molecule has 0 spiro atoms. The van der Waals surface area contributed by atoms with Crippen molar-refractivity contribution in [3.8, 4) is 23.0 Å². The van der Waals surface area contributed by atoms with Crippen LogP contribution < -0.4 is 18.9 Å². The molecule has 2 fully saturated rings. The zero-order chi connectivity index (χ0) is 43.2. The highest BCUT2D eigenvalue weighted by Gasteiger charge is 2.41. The van der Waals surface area contributed by atoms with Crippen molar-refractivity contribution >= 4 is 0 Å². The zero-order valence-corrected chi connectivity index (χ0v) is 38.6. The third-order valence-corrected chi connectivity index (χ3v) is 15.3. The van der Waals surface area contributed by atoms with Gasteiger partial charge in [-0.3, -0.25) is 0 Å². The average Bonchev–Trinajstić information content (AvgIpc) is 3.26. The topological polar surface area (TPSA) is 73.8 Å². The van der Waals surface area contributed by atoms with E-state index in [0.29, 0.717) is 89.7 Å². The van der Waals surface area contributed by atoms with Gasteiger partial charge in [0.15, 0.2) is 0 Å². The van der Waals surface area contributed by atoms with Crippen molar-refractivity contribution < 1.29 is 37.9 Å². The highest BCUT2D eigenvalue weighted by molar-refractivity contribution is 5.59. The first-order chi connectivity index (χ1) is 31.6. The van der Waals surface area contributed by atoms with Crippen molar-refractivity contribution in [3.05, 3.63) is 115 Å². The number of hydrogen-bond donors (Lipinski definition) is 0. The number of hydrogen-bond acceptors (Lipinski definition) is 8. The molecule has 8 nitrogen and oxygen atoms in total. The quantitative estimate of drug-likeness (QED) is 0.185. The summed E-state index contributed by atoms with van der Waals surface area (Å²) >= 11 is 0. The molecule has 14 bridgehead atoms.